The van der Waals surface area contributed by atoms with E-state index >= 15 is 0 Å². The van der Waals surface area contributed by atoms with E-state index in [2.05, 4.69) is 9.98 Å². The molecule has 0 spiro atoms. The lowest BCUT2D eigenvalue weighted by Crippen LogP contribution is -1.92. The Kier molecular flexibility index (Phi) is 7.05. The van der Waals surface area contributed by atoms with E-state index in [9.17, 15) is 0 Å². The molecule has 0 unspecified atom stereocenters. The molecule has 0 amide bonds. The Bertz CT molecular complexity index is 980. The molecule has 3 aromatic carbocycles. The van der Waals surface area contributed by atoms with Crippen LogP contribution in [0.25, 0.3) is 0 Å². The minimum atomic E-state index is 0.662. The molecular formula is C24H24N2O4. The highest BCUT2D eigenvalue weighted by Gasteiger charge is 2.04. The second-order valence-corrected chi connectivity index (χ2v) is 6.27. The monoisotopic (exact) mass is 404 g/mol. The molecule has 0 radical (unpaired) electrons. The average molecular weight is 404 g/mol. The molecule has 0 aliphatic rings. The van der Waals surface area contributed by atoms with Crippen molar-refractivity contribution in [1.82, 2.24) is 0 Å². The molecule has 0 heterocycles. The predicted molar refractivity (Wildman–Crippen MR) is 120 cm³/mol. The van der Waals surface area contributed by atoms with Gasteiger partial charge in [-0.15, -0.1) is 0 Å². The molecule has 0 aliphatic heterocycles. The lowest BCUT2D eigenvalue weighted by atomic mass is 10.2. The van der Waals surface area contributed by atoms with Crippen LogP contribution in [0.2, 0.25) is 0 Å². The van der Waals surface area contributed by atoms with E-state index in [0.29, 0.717) is 23.0 Å². The Balaban J connectivity index is 1.76. The Morgan fingerprint density at radius 3 is 1.37 bits per heavy atom. The van der Waals surface area contributed by atoms with Gasteiger partial charge in [0, 0.05) is 12.4 Å². The molecule has 30 heavy (non-hydrogen) atoms. The van der Waals surface area contributed by atoms with Gasteiger partial charge in [-0.25, -0.2) is 0 Å². The zero-order valence-electron chi connectivity index (χ0n) is 17.5. The highest BCUT2D eigenvalue weighted by atomic mass is 16.5. The summed E-state index contributed by atoms with van der Waals surface area (Å²) in [6.45, 7) is 0. The van der Waals surface area contributed by atoms with Crippen molar-refractivity contribution in [3.05, 3.63) is 71.8 Å². The van der Waals surface area contributed by atoms with Gasteiger partial charge < -0.3 is 18.9 Å². The zero-order valence-corrected chi connectivity index (χ0v) is 17.5. The Labute approximate surface area is 176 Å². The summed E-state index contributed by atoms with van der Waals surface area (Å²) in [6.07, 6.45) is 3.55. The lowest BCUT2D eigenvalue weighted by Gasteiger charge is -2.07. The average Bonchev–Trinajstić information content (AvgIpc) is 2.81. The van der Waals surface area contributed by atoms with E-state index in [4.69, 9.17) is 18.9 Å². The van der Waals surface area contributed by atoms with E-state index < -0.39 is 0 Å². The summed E-state index contributed by atoms with van der Waals surface area (Å²) >= 11 is 0. The zero-order chi connectivity index (χ0) is 21.3. The van der Waals surface area contributed by atoms with Crippen molar-refractivity contribution >= 4 is 23.8 Å². The minimum absolute atomic E-state index is 0.662. The second-order valence-electron chi connectivity index (χ2n) is 6.27. The van der Waals surface area contributed by atoms with Crippen molar-refractivity contribution in [2.75, 3.05) is 28.4 Å². The number of benzene rings is 3. The SMILES string of the molecule is COc1ccc(C=Nc2cccc(N=Cc3ccc(OC)c(OC)c3)c2)cc1OC. The number of ether oxygens (including phenoxy) is 4. The molecule has 0 saturated carbocycles. The number of hydrogen-bond acceptors (Lipinski definition) is 6. The van der Waals surface area contributed by atoms with Crippen molar-refractivity contribution in [3.63, 3.8) is 0 Å². The van der Waals surface area contributed by atoms with E-state index in [1.165, 1.54) is 0 Å². The Hall–Kier alpha value is -3.80. The van der Waals surface area contributed by atoms with Crippen LogP contribution in [0.1, 0.15) is 11.1 Å². The van der Waals surface area contributed by atoms with Crippen molar-refractivity contribution in [2.45, 2.75) is 0 Å². The fourth-order valence-electron chi connectivity index (χ4n) is 2.82. The number of methoxy groups -OCH3 is 4. The van der Waals surface area contributed by atoms with Crippen LogP contribution in [0.4, 0.5) is 11.4 Å². The second kappa shape index (κ2) is 10.1. The summed E-state index contributed by atoms with van der Waals surface area (Å²) < 4.78 is 21.2. The van der Waals surface area contributed by atoms with Crippen LogP contribution in [0.5, 0.6) is 23.0 Å². The van der Waals surface area contributed by atoms with Crippen LogP contribution in [0.3, 0.4) is 0 Å². The van der Waals surface area contributed by atoms with Gasteiger partial charge >= 0.3 is 0 Å². The summed E-state index contributed by atoms with van der Waals surface area (Å²) in [5.41, 5.74) is 3.41. The van der Waals surface area contributed by atoms with Crippen LogP contribution < -0.4 is 18.9 Å². The number of rotatable bonds is 8. The smallest absolute Gasteiger partial charge is 0.161 e. The first-order chi connectivity index (χ1) is 14.7. The topological polar surface area (TPSA) is 61.6 Å². The number of nitrogens with zero attached hydrogens (tertiary/aromatic N) is 2. The number of aliphatic imine (C=N–C) groups is 2. The van der Waals surface area contributed by atoms with Crippen molar-refractivity contribution in [1.29, 1.82) is 0 Å². The van der Waals surface area contributed by atoms with Crippen LogP contribution in [-0.2, 0) is 0 Å². The fraction of sp³-hybridized carbons (Fsp3) is 0.167. The molecule has 154 valence electrons. The summed E-state index contributed by atoms with van der Waals surface area (Å²) in [5.74, 6) is 2.69. The maximum absolute atomic E-state index is 5.33. The van der Waals surface area contributed by atoms with Crippen LogP contribution in [-0.4, -0.2) is 40.9 Å². The van der Waals surface area contributed by atoms with Gasteiger partial charge in [0.25, 0.3) is 0 Å². The van der Waals surface area contributed by atoms with Gasteiger partial charge in [-0.05, 0) is 65.7 Å². The molecule has 0 fully saturated rings. The predicted octanol–water partition coefficient (Wildman–Crippen LogP) is 5.22. The summed E-state index contributed by atoms with van der Waals surface area (Å²) in [4.78, 5) is 9.08. The van der Waals surface area contributed by atoms with Gasteiger partial charge in [0.15, 0.2) is 23.0 Å². The third kappa shape index (κ3) is 5.17. The normalized spacial score (nSPS) is 11.1. The standard InChI is InChI=1S/C24H24N2O4/c1-27-21-10-8-17(12-23(21)29-3)15-25-19-6-5-7-20(14-19)26-16-18-9-11-22(28-2)24(13-18)30-4/h5-16H,1-4H3. The van der Waals surface area contributed by atoms with Crippen molar-refractivity contribution in [3.8, 4) is 23.0 Å². The van der Waals surface area contributed by atoms with Crippen molar-refractivity contribution in [2.24, 2.45) is 9.98 Å². The van der Waals surface area contributed by atoms with E-state index in [1.54, 1.807) is 40.9 Å². The lowest BCUT2D eigenvalue weighted by molar-refractivity contribution is 0.355. The molecule has 0 saturated heterocycles. The van der Waals surface area contributed by atoms with Gasteiger partial charge in [0.1, 0.15) is 0 Å². The van der Waals surface area contributed by atoms with Crippen molar-refractivity contribution < 1.29 is 18.9 Å². The molecule has 6 heteroatoms. The molecule has 0 N–H and O–H groups in total. The summed E-state index contributed by atoms with van der Waals surface area (Å²) in [7, 11) is 6.44. The maximum Gasteiger partial charge on any atom is 0.161 e. The third-order valence-electron chi connectivity index (χ3n) is 4.37. The third-order valence-corrected chi connectivity index (χ3v) is 4.37. The van der Waals surface area contributed by atoms with E-state index in [1.807, 2.05) is 60.7 Å². The Morgan fingerprint density at radius 1 is 0.533 bits per heavy atom. The fourth-order valence-corrected chi connectivity index (χ4v) is 2.82. The largest absolute Gasteiger partial charge is 0.493 e. The highest BCUT2D eigenvalue weighted by Crippen LogP contribution is 2.28. The summed E-state index contributed by atoms with van der Waals surface area (Å²) in [5, 5.41) is 0. The van der Waals surface area contributed by atoms with Gasteiger partial charge in [-0.3, -0.25) is 9.98 Å². The Morgan fingerprint density at radius 2 is 0.967 bits per heavy atom. The van der Waals surface area contributed by atoms with E-state index in [0.717, 1.165) is 22.5 Å². The minimum Gasteiger partial charge on any atom is -0.493 e. The summed E-state index contributed by atoms with van der Waals surface area (Å²) in [6, 6.07) is 19.0. The van der Waals surface area contributed by atoms with E-state index in [-0.39, 0.29) is 0 Å². The first-order valence-electron chi connectivity index (χ1n) is 9.29. The molecule has 0 aromatic heterocycles. The molecule has 3 rings (SSSR count). The van der Waals surface area contributed by atoms with Crippen LogP contribution >= 0.6 is 0 Å². The highest BCUT2D eigenvalue weighted by molar-refractivity contribution is 5.85. The molecule has 3 aromatic rings. The first-order valence-corrected chi connectivity index (χ1v) is 9.29. The van der Waals surface area contributed by atoms with Crippen LogP contribution in [0, 0.1) is 0 Å². The molecule has 0 bridgehead atoms. The van der Waals surface area contributed by atoms with Gasteiger partial charge in [0.2, 0.25) is 0 Å². The van der Waals surface area contributed by atoms with Gasteiger partial charge in [-0.2, -0.15) is 0 Å². The quantitative estimate of drug-likeness (QED) is 0.483. The van der Waals surface area contributed by atoms with Gasteiger partial charge in [-0.1, -0.05) is 6.07 Å². The van der Waals surface area contributed by atoms with Gasteiger partial charge in [0.05, 0.1) is 39.8 Å². The molecular weight excluding hydrogens is 380 g/mol. The van der Waals surface area contributed by atoms with Crippen LogP contribution in [0.15, 0.2) is 70.6 Å². The number of hydrogen-bond donors (Lipinski definition) is 0. The molecule has 6 nitrogen and oxygen atoms in total. The first kappa shape index (κ1) is 20.9. The molecule has 0 atom stereocenters. The molecule has 0 aliphatic carbocycles. The maximum atomic E-state index is 5.33.